The number of rotatable bonds is 3. The van der Waals surface area contributed by atoms with Crippen LogP contribution in [0.4, 0.5) is 5.69 Å². The average molecular weight is 248 g/mol. The minimum atomic E-state index is -0.808. The molecule has 1 amide bonds. The summed E-state index contributed by atoms with van der Waals surface area (Å²) in [5.41, 5.74) is 0.504. The van der Waals surface area contributed by atoms with Gasteiger partial charge in [0.15, 0.2) is 0 Å². The number of fused-ring (bicyclic) bond motifs is 1. The molecule has 1 aliphatic heterocycles. The maximum absolute atomic E-state index is 11.9. The van der Waals surface area contributed by atoms with E-state index in [0.717, 1.165) is 5.69 Å². The first kappa shape index (κ1) is 12.4. The van der Waals surface area contributed by atoms with E-state index in [4.69, 9.17) is 4.74 Å². The second-order valence-electron chi connectivity index (χ2n) is 4.44. The summed E-state index contributed by atoms with van der Waals surface area (Å²) in [4.78, 5) is 23.5. The highest BCUT2D eigenvalue weighted by molar-refractivity contribution is 6.02. The number of ether oxygens (including phenoxy) is 1. The fourth-order valence-electron chi connectivity index (χ4n) is 2.03. The Morgan fingerprint density at radius 2 is 2.06 bits per heavy atom. The van der Waals surface area contributed by atoms with Crippen LogP contribution in [-0.2, 0) is 9.53 Å². The maximum atomic E-state index is 11.9. The van der Waals surface area contributed by atoms with Crippen molar-refractivity contribution in [3.63, 3.8) is 0 Å². The summed E-state index contributed by atoms with van der Waals surface area (Å²) in [6.07, 6.45) is 0.0842. The average Bonchev–Trinajstić information content (AvgIpc) is 2.28. The van der Waals surface area contributed by atoms with E-state index in [1.54, 1.807) is 26.0 Å². The Hall–Kier alpha value is -2.04. The molecule has 0 spiro atoms. The lowest BCUT2D eigenvalue weighted by Crippen LogP contribution is -2.56. The van der Waals surface area contributed by atoms with Crippen molar-refractivity contribution < 1.29 is 14.3 Å². The van der Waals surface area contributed by atoms with Crippen LogP contribution in [0.15, 0.2) is 24.3 Å². The zero-order valence-electron chi connectivity index (χ0n) is 10.4. The number of benzene rings is 1. The summed E-state index contributed by atoms with van der Waals surface area (Å²) in [5.74, 6) is -0.525. The molecular formula is C13H16N2O3. The van der Waals surface area contributed by atoms with E-state index in [9.17, 15) is 9.59 Å². The van der Waals surface area contributed by atoms with Crippen molar-refractivity contribution >= 4 is 17.6 Å². The number of carbonyl (C=O) groups is 2. The Morgan fingerprint density at radius 3 is 2.78 bits per heavy atom. The Balaban J connectivity index is 2.19. The monoisotopic (exact) mass is 248 g/mol. The molecule has 1 aliphatic rings. The van der Waals surface area contributed by atoms with Gasteiger partial charge in [-0.2, -0.15) is 0 Å². The number of carbonyl (C=O) groups excluding carboxylic acids is 2. The Bertz CT molecular complexity index is 487. The van der Waals surface area contributed by atoms with Gasteiger partial charge in [0.1, 0.15) is 5.66 Å². The van der Waals surface area contributed by atoms with Crippen molar-refractivity contribution in [3.05, 3.63) is 29.8 Å². The van der Waals surface area contributed by atoms with Gasteiger partial charge in [0, 0.05) is 5.69 Å². The van der Waals surface area contributed by atoms with Crippen molar-refractivity contribution in [2.24, 2.45) is 0 Å². The summed E-state index contributed by atoms with van der Waals surface area (Å²) in [7, 11) is 0. The zero-order chi connectivity index (χ0) is 13.2. The molecular weight excluding hydrogens is 232 g/mol. The van der Waals surface area contributed by atoms with Crippen molar-refractivity contribution in [2.75, 3.05) is 11.9 Å². The lowest BCUT2D eigenvalue weighted by atomic mass is 10.0. The molecule has 0 aliphatic carbocycles. The smallest absolute Gasteiger partial charge is 0.310 e. The van der Waals surface area contributed by atoms with Gasteiger partial charge in [0.25, 0.3) is 5.91 Å². The molecule has 1 aromatic rings. The third-order valence-corrected chi connectivity index (χ3v) is 2.77. The van der Waals surface area contributed by atoms with Crippen LogP contribution in [-0.4, -0.2) is 24.1 Å². The van der Waals surface area contributed by atoms with Crippen LogP contribution in [0.3, 0.4) is 0 Å². The van der Waals surface area contributed by atoms with Crippen molar-refractivity contribution in [1.82, 2.24) is 5.32 Å². The summed E-state index contributed by atoms with van der Waals surface area (Å²) >= 11 is 0. The number of para-hydroxylation sites is 1. The van der Waals surface area contributed by atoms with Crippen LogP contribution in [0.5, 0.6) is 0 Å². The highest BCUT2D eigenvalue weighted by atomic mass is 16.5. The Labute approximate surface area is 106 Å². The van der Waals surface area contributed by atoms with Crippen molar-refractivity contribution in [2.45, 2.75) is 25.9 Å². The molecule has 0 saturated heterocycles. The third kappa shape index (κ3) is 2.45. The maximum Gasteiger partial charge on any atom is 0.310 e. The van der Waals surface area contributed by atoms with Gasteiger partial charge in [-0.05, 0) is 26.0 Å². The first-order valence-electron chi connectivity index (χ1n) is 5.89. The number of hydrogen-bond donors (Lipinski definition) is 2. The van der Waals surface area contributed by atoms with Gasteiger partial charge >= 0.3 is 5.97 Å². The molecule has 1 heterocycles. The van der Waals surface area contributed by atoms with E-state index in [1.165, 1.54) is 0 Å². The molecule has 1 atom stereocenters. The summed E-state index contributed by atoms with van der Waals surface area (Å²) < 4.78 is 4.90. The second kappa shape index (κ2) is 4.68. The molecule has 2 N–H and O–H groups in total. The fraction of sp³-hybridized carbons (Fsp3) is 0.385. The molecule has 1 unspecified atom stereocenters. The summed E-state index contributed by atoms with van der Waals surface area (Å²) in [6, 6.07) is 7.20. The van der Waals surface area contributed by atoms with Gasteiger partial charge in [0.2, 0.25) is 0 Å². The lowest BCUT2D eigenvalue weighted by Gasteiger charge is -2.36. The number of anilines is 1. The molecule has 0 aromatic heterocycles. The molecule has 0 fully saturated rings. The summed E-state index contributed by atoms with van der Waals surface area (Å²) in [6.45, 7) is 3.85. The Morgan fingerprint density at radius 1 is 1.33 bits per heavy atom. The van der Waals surface area contributed by atoms with Crippen LogP contribution < -0.4 is 10.6 Å². The van der Waals surface area contributed by atoms with E-state index in [2.05, 4.69) is 10.6 Å². The van der Waals surface area contributed by atoms with E-state index >= 15 is 0 Å². The minimum Gasteiger partial charge on any atom is -0.466 e. The van der Waals surface area contributed by atoms with Gasteiger partial charge in [-0.25, -0.2) is 0 Å². The molecule has 0 bridgehead atoms. The predicted molar refractivity (Wildman–Crippen MR) is 67.2 cm³/mol. The van der Waals surface area contributed by atoms with Crippen LogP contribution in [0, 0.1) is 0 Å². The van der Waals surface area contributed by atoms with Crippen LogP contribution >= 0.6 is 0 Å². The first-order chi connectivity index (χ1) is 8.54. The first-order valence-corrected chi connectivity index (χ1v) is 5.89. The van der Waals surface area contributed by atoms with Crippen molar-refractivity contribution in [3.8, 4) is 0 Å². The molecule has 0 radical (unpaired) electrons. The van der Waals surface area contributed by atoms with Crippen LogP contribution in [0.2, 0.25) is 0 Å². The van der Waals surface area contributed by atoms with Gasteiger partial charge < -0.3 is 15.4 Å². The Kier molecular flexibility index (Phi) is 3.23. The highest BCUT2D eigenvalue weighted by Crippen LogP contribution is 2.26. The minimum absolute atomic E-state index is 0.0842. The molecule has 5 nitrogen and oxygen atoms in total. The summed E-state index contributed by atoms with van der Waals surface area (Å²) in [5, 5.41) is 5.95. The molecule has 2 rings (SSSR count). The SMILES string of the molecule is CCOC(=O)CC1(C)NC(=O)c2ccccc2N1. The van der Waals surface area contributed by atoms with Crippen molar-refractivity contribution in [1.29, 1.82) is 0 Å². The molecule has 0 saturated carbocycles. The quantitative estimate of drug-likeness (QED) is 0.796. The number of amides is 1. The lowest BCUT2D eigenvalue weighted by molar-refractivity contribution is -0.144. The number of esters is 1. The topological polar surface area (TPSA) is 67.4 Å². The normalized spacial score (nSPS) is 21.6. The molecule has 18 heavy (non-hydrogen) atoms. The van der Waals surface area contributed by atoms with Gasteiger partial charge in [-0.1, -0.05) is 12.1 Å². The molecule has 1 aromatic carbocycles. The van der Waals surface area contributed by atoms with E-state index in [0.29, 0.717) is 12.2 Å². The number of nitrogens with one attached hydrogen (secondary N) is 2. The molecule has 96 valence electrons. The second-order valence-corrected chi connectivity index (χ2v) is 4.44. The van der Waals surface area contributed by atoms with Crippen LogP contribution in [0.25, 0.3) is 0 Å². The van der Waals surface area contributed by atoms with Crippen LogP contribution in [0.1, 0.15) is 30.6 Å². The van der Waals surface area contributed by atoms with Gasteiger partial charge in [0.05, 0.1) is 18.6 Å². The van der Waals surface area contributed by atoms with E-state index in [1.807, 2.05) is 12.1 Å². The number of hydrogen-bond acceptors (Lipinski definition) is 4. The molecule has 5 heteroatoms. The highest BCUT2D eigenvalue weighted by Gasteiger charge is 2.35. The standard InChI is InChI=1S/C13H16N2O3/c1-3-18-11(16)8-13(2)14-10-7-5-4-6-9(10)12(17)15-13/h4-7,14H,3,8H2,1-2H3,(H,15,17). The van der Waals surface area contributed by atoms with Gasteiger partial charge in [-0.3, -0.25) is 9.59 Å². The largest absolute Gasteiger partial charge is 0.466 e. The van der Waals surface area contributed by atoms with Gasteiger partial charge in [-0.15, -0.1) is 0 Å². The van der Waals surface area contributed by atoms with E-state index < -0.39 is 5.66 Å². The third-order valence-electron chi connectivity index (χ3n) is 2.77. The predicted octanol–water partition coefficient (Wildman–Crippen LogP) is 1.51. The fourth-order valence-corrected chi connectivity index (χ4v) is 2.03. The zero-order valence-corrected chi connectivity index (χ0v) is 10.4. The van der Waals surface area contributed by atoms with E-state index in [-0.39, 0.29) is 18.3 Å².